The van der Waals surface area contributed by atoms with Gasteiger partial charge in [0, 0.05) is 12.5 Å². The van der Waals surface area contributed by atoms with Crippen LogP contribution in [0.25, 0.3) is 0 Å². The molecule has 0 saturated carbocycles. The summed E-state index contributed by atoms with van der Waals surface area (Å²) in [6, 6.07) is 1.69. The van der Waals surface area contributed by atoms with Gasteiger partial charge < -0.3 is 19.3 Å². The minimum Gasteiger partial charge on any atom is -0.491 e. The topological polar surface area (TPSA) is 60.8 Å². The third-order valence-corrected chi connectivity index (χ3v) is 2.45. The minimum atomic E-state index is -0.110. The fraction of sp³-hybridized carbons (Fsp3) is 0.545. The van der Waals surface area contributed by atoms with E-state index < -0.39 is 0 Å². The van der Waals surface area contributed by atoms with Crippen molar-refractivity contribution in [3.63, 3.8) is 0 Å². The zero-order chi connectivity index (χ0) is 11.4. The van der Waals surface area contributed by atoms with E-state index in [1.54, 1.807) is 19.4 Å². The van der Waals surface area contributed by atoms with Crippen LogP contribution in [0.1, 0.15) is 12.1 Å². The van der Waals surface area contributed by atoms with E-state index in [0.717, 1.165) is 13.0 Å². The van der Waals surface area contributed by atoms with Crippen LogP contribution in [-0.4, -0.2) is 36.5 Å². The minimum absolute atomic E-state index is 0.0582. The second-order valence-electron chi connectivity index (χ2n) is 3.59. The first kappa shape index (κ1) is 11.2. The summed E-state index contributed by atoms with van der Waals surface area (Å²) >= 11 is 0. The lowest BCUT2D eigenvalue weighted by Crippen LogP contribution is -2.16. The van der Waals surface area contributed by atoms with Crippen LogP contribution in [0.15, 0.2) is 12.3 Å². The number of methoxy groups -OCH3 is 1. The van der Waals surface area contributed by atoms with Gasteiger partial charge in [-0.1, -0.05) is 0 Å². The van der Waals surface area contributed by atoms with E-state index in [0.29, 0.717) is 23.8 Å². The molecule has 0 bridgehead atoms. The second kappa shape index (κ2) is 5.14. The predicted molar refractivity (Wildman–Crippen MR) is 56.6 cm³/mol. The number of ether oxygens (including phenoxy) is 3. The summed E-state index contributed by atoms with van der Waals surface area (Å²) < 4.78 is 16.1. The molecule has 1 N–H and O–H groups in total. The summed E-state index contributed by atoms with van der Waals surface area (Å²) in [7, 11) is 1.56. The van der Waals surface area contributed by atoms with Crippen LogP contribution < -0.4 is 9.47 Å². The van der Waals surface area contributed by atoms with Crippen molar-refractivity contribution in [2.24, 2.45) is 0 Å². The van der Waals surface area contributed by atoms with Crippen molar-refractivity contribution < 1.29 is 19.3 Å². The number of pyridine rings is 1. The molecule has 1 aromatic heterocycles. The molecule has 5 heteroatoms. The Balaban J connectivity index is 2.15. The molecule has 2 rings (SSSR count). The van der Waals surface area contributed by atoms with Gasteiger partial charge in [0.25, 0.3) is 0 Å². The van der Waals surface area contributed by atoms with E-state index in [-0.39, 0.29) is 12.7 Å². The van der Waals surface area contributed by atoms with Gasteiger partial charge in [0.05, 0.1) is 38.8 Å². The average molecular weight is 225 g/mol. The highest BCUT2D eigenvalue weighted by Crippen LogP contribution is 2.28. The molecular formula is C11H15NO4. The first-order valence-corrected chi connectivity index (χ1v) is 5.21. The van der Waals surface area contributed by atoms with Gasteiger partial charge in [-0.25, -0.2) is 0 Å². The molecule has 0 radical (unpaired) electrons. The molecule has 1 aliphatic rings. The van der Waals surface area contributed by atoms with Crippen molar-refractivity contribution in [2.45, 2.75) is 19.1 Å². The zero-order valence-corrected chi connectivity index (χ0v) is 9.18. The molecule has 16 heavy (non-hydrogen) atoms. The second-order valence-corrected chi connectivity index (χ2v) is 3.59. The zero-order valence-electron chi connectivity index (χ0n) is 9.18. The summed E-state index contributed by atoms with van der Waals surface area (Å²) in [6.45, 7) is 1.21. The number of aliphatic hydroxyl groups is 1. The van der Waals surface area contributed by atoms with Gasteiger partial charge in [-0.05, 0) is 0 Å². The van der Waals surface area contributed by atoms with Gasteiger partial charge in [0.1, 0.15) is 6.10 Å². The molecule has 1 aliphatic heterocycles. The highest BCUT2D eigenvalue weighted by molar-refractivity contribution is 5.39. The van der Waals surface area contributed by atoms with E-state index in [2.05, 4.69) is 4.98 Å². The molecule has 1 fully saturated rings. The third-order valence-electron chi connectivity index (χ3n) is 2.45. The number of hydrogen-bond donors (Lipinski definition) is 1. The number of rotatable bonds is 4. The highest BCUT2D eigenvalue weighted by Gasteiger charge is 2.19. The first-order chi connectivity index (χ1) is 7.83. The Bertz CT molecular complexity index is 350. The van der Waals surface area contributed by atoms with Crippen LogP contribution in [0.3, 0.4) is 0 Å². The van der Waals surface area contributed by atoms with E-state index in [4.69, 9.17) is 19.3 Å². The number of aliphatic hydroxyl groups excluding tert-OH is 1. The largest absolute Gasteiger partial charge is 0.491 e. The summed E-state index contributed by atoms with van der Waals surface area (Å²) in [6.07, 6.45) is 2.49. The number of hydrogen-bond acceptors (Lipinski definition) is 5. The number of aromatic nitrogens is 1. The smallest absolute Gasteiger partial charge is 0.179 e. The molecule has 0 aliphatic carbocycles. The summed E-state index contributed by atoms with van der Waals surface area (Å²) in [5, 5.41) is 9.00. The molecule has 1 saturated heterocycles. The van der Waals surface area contributed by atoms with Crippen LogP contribution in [0.4, 0.5) is 0 Å². The maximum atomic E-state index is 9.00. The molecule has 0 amide bonds. The van der Waals surface area contributed by atoms with Gasteiger partial charge in [0.15, 0.2) is 11.5 Å². The SMILES string of the molecule is COc1cnc(CO)cc1OC1CCOC1. The van der Waals surface area contributed by atoms with Crippen LogP contribution in [-0.2, 0) is 11.3 Å². The predicted octanol–water partition coefficient (Wildman–Crippen LogP) is 0.750. The Labute approximate surface area is 94.0 Å². The lowest BCUT2D eigenvalue weighted by Gasteiger charge is -2.15. The molecule has 1 aromatic rings. The van der Waals surface area contributed by atoms with Crippen LogP contribution in [0.5, 0.6) is 11.5 Å². The Hall–Kier alpha value is -1.33. The number of nitrogens with zero attached hydrogens (tertiary/aromatic N) is 1. The van der Waals surface area contributed by atoms with Crippen LogP contribution >= 0.6 is 0 Å². The summed E-state index contributed by atoms with van der Waals surface area (Å²) in [5.41, 5.74) is 0.565. The van der Waals surface area contributed by atoms with Crippen molar-refractivity contribution in [3.05, 3.63) is 18.0 Å². The fourth-order valence-corrected chi connectivity index (χ4v) is 1.58. The lowest BCUT2D eigenvalue weighted by atomic mass is 10.3. The standard InChI is InChI=1S/C11H15NO4/c1-14-11-5-12-8(6-13)4-10(11)16-9-2-3-15-7-9/h4-5,9,13H,2-3,6-7H2,1H3. The summed E-state index contributed by atoms with van der Waals surface area (Å²) in [4.78, 5) is 4.02. The Morgan fingerprint density at radius 1 is 1.56 bits per heavy atom. The molecular weight excluding hydrogens is 210 g/mol. The Morgan fingerprint density at radius 3 is 3.06 bits per heavy atom. The molecule has 1 unspecified atom stereocenters. The Morgan fingerprint density at radius 2 is 2.44 bits per heavy atom. The van der Waals surface area contributed by atoms with Crippen molar-refractivity contribution in [1.29, 1.82) is 0 Å². The maximum Gasteiger partial charge on any atom is 0.179 e. The Kier molecular flexibility index (Phi) is 3.58. The van der Waals surface area contributed by atoms with Crippen molar-refractivity contribution in [2.75, 3.05) is 20.3 Å². The summed E-state index contributed by atoms with van der Waals surface area (Å²) in [5.74, 6) is 1.18. The normalized spacial score (nSPS) is 19.8. The molecule has 0 aromatic carbocycles. The van der Waals surface area contributed by atoms with Crippen molar-refractivity contribution in [1.82, 2.24) is 4.98 Å². The van der Waals surface area contributed by atoms with Gasteiger partial charge in [-0.2, -0.15) is 0 Å². The van der Waals surface area contributed by atoms with Crippen LogP contribution in [0.2, 0.25) is 0 Å². The molecule has 2 heterocycles. The molecule has 88 valence electrons. The monoisotopic (exact) mass is 225 g/mol. The molecule has 0 spiro atoms. The van der Waals surface area contributed by atoms with E-state index >= 15 is 0 Å². The van der Waals surface area contributed by atoms with Gasteiger partial charge >= 0.3 is 0 Å². The quantitative estimate of drug-likeness (QED) is 0.819. The first-order valence-electron chi connectivity index (χ1n) is 5.21. The van der Waals surface area contributed by atoms with Gasteiger partial charge in [-0.3, -0.25) is 4.98 Å². The molecule has 5 nitrogen and oxygen atoms in total. The maximum absolute atomic E-state index is 9.00. The van der Waals surface area contributed by atoms with Crippen molar-refractivity contribution in [3.8, 4) is 11.5 Å². The van der Waals surface area contributed by atoms with E-state index in [1.165, 1.54) is 0 Å². The fourth-order valence-electron chi connectivity index (χ4n) is 1.58. The van der Waals surface area contributed by atoms with Gasteiger partial charge in [0.2, 0.25) is 0 Å². The van der Waals surface area contributed by atoms with Crippen LogP contribution in [0, 0.1) is 0 Å². The average Bonchev–Trinajstić information content (AvgIpc) is 2.82. The van der Waals surface area contributed by atoms with Gasteiger partial charge in [-0.15, -0.1) is 0 Å². The molecule has 1 atom stereocenters. The lowest BCUT2D eigenvalue weighted by molar-refractivity contribution is 0.138. The van der Waals surface area contributed by atoms with E-state index in [9.17, 15) is 0 Å². The third kappa shape index (κ3) is 2.43. The highest BCUT2D eigenvalue weighted by atomic mass is 16.6. The van der Waals surface area contributed by atoms with Crippen molar-refractivity contribution >= 4 is 0 Å². The van der Waals surface area contributed by atoms with E-state index in [1.807, 2.05) is 0 Å².